The maximum atomic E-state index is 13.3. The van der Waals surface area contributed by atoms with Gasteiger partial charge in [-0.1, -0.05) is 0 Å². The van der Waals surface area contributed by atoms with Crippen LogP contribution in [0.15, 0.2) is 23.1 Å². The molecule has 0 radical (unpaired) electrons. The molecule has 0 heterocycles. The fourth-order valence-corrected chi connectivity index (χ4v) is 2.53. The monoisotopic (exact) mass is 350 g/mol. The van der Waals surface area contributed by atoms with Gasteiger partial charge in [-0.15, -0.1) is 12.4 Å². The van der Waals surface area contributed by atoms with E-state index >= 15 is 0 Å². The second-order valence-electron chi connectivity index (χ2n) is 3.99. The molecule has 0 saturated carbocycles. The number of hydrogen-bond donors (Lipinski definition) is 2. The second kappa shape index (κ2) is 7.92. The first-order chi connectivity index (χ1) is 9.18. The molecule has 0 fully saturated rings. The second-order valence-corrected chi connectivity index (χ2v) is 5.76. The molecule has 0 aliphatic rings. The van der Waals surface area contributed by atoms with E-state index in [4.69, 9.17) is 0 Å². The zero-order valence-electron chi connectivity index (χ0n) is 11.0. The summed E-state index contributed by atoms with van der Waals surface area (Å²) in [5, 5.41) is 2.81. The van der Waals surface area contributed by atoms with E-state index in [1.54, 1.807) is 7.05 Å². The fourth-order valence-electron chi connectivity index (χ4n) is 1.45. The molecule has 1 aromatic rings. The van der Waals surface area contributed by atoms with Crippen molar-refractivity contribution < 1.29 is 26.0 Å². The quantitative estimate of drug-likeness (QED) is 0.610. The number of benzene rings is 1. The molecule has 0 aliphatic heterocycles. The van der Waals surface area contributed by atoms with Crippen molar-refractivity contribution in [3.63, 3.8) is 0 Å². The van der Waals surface area contributed by atoms with Crippen molar-refractivity contribution in [3.05, 3.63) is 29.6 Å². The standard InChI is InChI=1S/C11H14F4N2O2S.ClH/c1-16-5-2-6-17-20(18,19)8-3-4-9(10(12)7-8)11(13,14)15;/h3-4,7,16-17H,2,5-6H2,1H3;1H. The molecule has 1 aromatic carbocycles. The summed E-state index contributed by atoms with van der Waals surface area (Å²) in [6.07, 6.45) is -4.36. The van der Waals surface area contributed by atoms with Gasteiger partial charge in [-0.05, 0) is 38.2 Å². The van der Waals surface area contributed by atoms with Gasteiger partial charge in [0.15, 0.2) is 0 Å². The Bertz CT molecular complexity index is 564. The lowest BCUT2D eigenvalue weighted by atomic mass is 10.2. The molecule has 0 spiro atoms. The molecule has 0 bridgehead atoms. The van der Waals surface area contributed by atoms with Gasteiger partial charge in [-0.3, -0.25) is 0 Å². The Morgan fingerprint density at radius 1 is 1.19 bits per heavy atom. The Hall–Kier alpha value is -0.900. The van der Waals surface area contributed by atoms with Crippen molar-refractivity contribution in [3.8, 4) is 0 Å². The molecule has 0 aromatic heterocycles. The van der Waals surface area contributed by atoms with E-state index in [0.29, 0.717) is 25.1 Å². The van der Waals surface area contributed by atoms with Gasteiger partial charge in [0.05, 0.1) is 10.5 Å². The largest absolute Gasteiger partial charge is 0.419 e. The molecular formula is C11H15ClF4N2O2S. The highest BCUT2D eigenvalue weighted by atomic mass is 35.5. The Kier molecular flexibility index (Phi) is 7.58. The Morgan fingerprint density at radius 2 is 1.81 bits per heavy atom. The van der Waals surface area contributed by atoms with Crippen LogP contribution in [0.1, 0.15) is 12.0 Å². The number of rotatable bonds is 6. The summed E-state index contributed by atoms with van der Waals surface area (Å²) >= 11 is 0. The maximum absolute atomic E-state index is 13.3. The molecule has 21 heavy (non-hydrogen) atoms. The Balaban J connectivity index is 0.00000400. The molecule has 0 saturated heterocycles. The van der Waals surface area contributed by atoms with E-state index in [2.05, 4.69) is 10.0 Å². The molecular weight excluding hydrogens is 336 g/mol. The van der Waals surface area contributed by atoms with Gasteiger partial charge < -0.3 is 5.32 Å². The van der Waals surface area contributed by atoms with Gasteiger partial charge in [0, 0.05) is 6.54 Å². The summed E-state index contributed by atoms with van der Waals surface area (Å²) in [6.45, 7) is 0.676. The van der Waals surface area contributed by atoms with Crippen LogP contribution in [0.3, 0.4) is 0 Å². The number of hydrogen-bond acceptors (Lipinski definition) is 3. The molecule has 0 aliphatic carbocycles. The average molecular weight is 351 g/mol. The fraction of sp³-hybridized carbons (Fsp3) is 0.455. The van der Waals surface area contributed by atoms with Gasteiger partial charge in [-0.2, -0.15) is 13.2 Å². The smallest absolute Gasteiger partial charge is 0.320 e. The lowest BCUT2D eigenvalue weighted by Crippen LogP contribution is -2.27. The van der Waals surface area contributed by atoms with Crippen molar-refractivity contribution in [2.45, 2.75) is 17.5 Å². The predicted octanol–water partition coefficient (Wildman–Crippen LogP) is 2.15. The van der Waals surface area contributed by atoms with Crippen LogP contribution in [0.2, 0.25) is 0 Å². The maximum Gasteiger partial charge on any atom is 0.419 e. The zero-order valence-corrected chi connectivity index (χ0v) is 12.6. The number of sulfonamides is 1. The van der Waals surface area contributed by atoms with Crippen molar-refractivity contribution in [2.75, 3.05) is 20.1 Å². The summed E-state index contributed by atoms with van der Waals surface area (Å²) in [4.78, 5) is -0.535. The van der Waals surface area contributed by atoms with Crippen molar-refractivity contribution in [2.24, 2.45) is 0 Å². The predicted molar refractivity (Wildman–Crippen MR) is 72.4 cm³/mol. The average Bonchev–Trinajstić information content (AvgIpc) is 2.33. The Labute approximate surface area is 126 Å². The van der Waals surface area contributed by atoms with Crippen LogP contribution in [-0.4, -0.2) is 28.6 Å². The third-order valence-corrected chi connectivity index (χ3v) is 3.91. The lowest BCUT2D eigenvalue weighted by Gasteiger charge is -2.10. The summed E-state index contributed by atoms with van der Waals surface area (Å²) in [7, 11) is -2.32. The highest BCUT2D eigenvalue weighted by molar-refractivity contribution is 7.89. The van der Waals surface area contributed by atoms with Crippen LogP contribution >= 0.6 is 12.4 Å². The number of alkyl halides is 3. The first-order valence-electron chi connectivity index (χ1n) is 5.69. The summed E-state index contributed by atoms with van der Waals surface area (Å²) in [5.41, 5.74) is -1.49. The van der Waals surface area contributed by atoms with E-state index in [-0.39, 0.29) is 19.0 Å². The van der Waals surface area contributed by atoms with Crippen molar-refractivity contribution in [1.29, 1.82) is 0 Å². The van der Waals surface area contributed by atoms with Gasteiger partial charge in [-0.25, -0.2) is 17.5 Å². The van der Waals surface area contributed by atoms with Crippen molar-refractivity contribution in [1.82, 2.24) is 10.0 Å². The molecule has 2 N–H and O–H groups in total. The van der Waals surface area contributed by atoms with E-state index in [9.17, 15) is 26.0 Å². The highest BCUT2D eigenvalue weighted by Gasteiger charge is 2.34. The minimum absolute atomic E-state index is 0. The highest BCUT2D eigenvalue weighted by Crippen LogP contribution is 2.32. The van der Waals surface area contributed by atoms with E-state index in [1.807, 2.05) is 0 Å². The summed E-state index contributed by atoms with van der Waals surface area (Å²) in [6, 6.07) is 1.51. The summed E-state index contributed by atoms with van der Waals surface area (Å²) in [5.74, 6) is -1.62. The van der Waals surface area contributed by atoms with Crippen LogP contribution in [-0.2, 0) is 16.2 Å². The van der Waals surface area contributed by atoms with Crippen LogP contribution < -0.4 is 10.0 Å². The normalized spacial score (nSPS) is 12.0. The van der Waals surface area contributed by atoms with Crippen molar-refractivity contribution >= 4 is 22.4 Å². The molecule has 122 valence electrons. The van der Waals surface area contributed by atoms with Crippen LogP contribution in [0.25, 0.3) is 0 Å². The van der Waals surface area contributed by atoms with Gasteiger partial charge >= 0.3 is 6.18 Å². The first kappa shape index (κ1) is 20.1. The lowest BCUT2D eigenvalue weighted by molar-refractivity contribution is -0.140. The van der Waals surface area contributed by atoms with E-state index in [0.717, 1.165) is 6.07 Å². The molecule has 0 unspecified atom stereocenters. The molecule has 0 amide bonds. The molecule has 10 heteroatoms. The molecule has 0 atom stereocenters. The van der Waals surface area contributed by atoms with E-state index < -0.39 is 32.5 Å². The van der Waals surface area contributed by atoms with Crippen LogP contribution in [0, 0.1) is 5.82 Å². The molecule has 1 rings (SSSR count). The van der Waals surface area contributed by atoms with Gasteiger partial charge in [0.1, 0.15) is 5.82 Å². The zero-order chi connectivity index (χ0) is 15.4. The Morgan fingerprint density at radius 3 is 2.29 bits per heavy atom. The minimum atomic E-state index is -4.85. The third kappa shape index (κ3) is 5.77. The van der Waals surface area contributed by atoms with Crippen LogP contribution in [0.5, 0.6) is 0 Å². The first-order valence-corrected chi connectivity index (χ1v) is 7.18. The topological polar surface area (TPSA) is 58.2 Å². The minimum Gasteiger partial charge on any atom is -0.320 e. The summed E-state index contributed by atoms with van der Waals surface area (Å²) < 4.78 is 76.0. The molecule has 4 nitrogen and oxygen atoms in total. The third-order valence-electron chi connectivity index (χ3n) is 2.45. The van der Waals surface area contributed by atoms with Crippen LogP contribution in [0.4, 0.5) is 17.6 Å². The van der Waals surface area contributed by atoms with Gasteiger partial charge in [0.25, 0.3) is 0 Å². The van der Waals surface area contributed by atoms with E-state index in [1.165, 1.54) is 0 Å². The van der Waals surface area contributed by atoms with Gasteiger partial charge in [0.2, 0.25) is 10.0 Å². The number of halogens is 5. The SMILES string of the molecule is CNCCCNS(=O)(=O)c1ccc(C(F)(F)F)c(F)c1.Cl. The number of nitrogens with one attached hydrogen (secondary N) is 2.